The Bertz CT molecular complexity index is 534. The van der Waals surface area contributed by atoms with Gasteiger partial charge in [0, 0.05) is 30.6 Å². The van der Waals surface area contributed by atoms with Crippen molar-refractivity contribution in [3.63, 3.8) is 0 Å². The number of piperidine rings is 1. The van der Waals surface area contributed by atoms with E-state index >= 15 is 0 Å². The quantitative estimate of drug-likeness (QED) is 0.909. The van der Waals surface area contributed by atoms with Crippen LogP contribution < -0.4 is 5.32 Å². The minimum absolute atomic E-state index is 0.134. The number of hydrogen-bond acceptors (Lipinski definition) is 4. The number of nitrogens with zero attached hydrogens (tertiary/aromatic N) is 2. The van der Waals surface area contributed by atoms with Gasteiger partial charge in [-0.15, -0.1) is 0 Å². The molecular formula is C17H27N3O2. The molecule has 1 aromatic rings. The van der Waals surface area contributed by atoms with Crippen LogP contribution in [0.2, 0.25) is 0 Å². The first kappa shape index (κ1) is 15.5. The number of carbonyl (C=O) groups is 1. The normalized spacial score (nSPS) is 23.5. The van der Waals surface area contributed by atoms with Crippen LogP contribution in [0.4, 0.5) is 0 Å². The summed E-state index contributed by atoms with van der Waals surface area (Å²) < 4.78 is 5.27. The highest BCUT2D eigenvalue weighted by Gasteiger charge is 2.31. The molecule has 2 heterocycles. The van der Waals surface area contributed by atoms with Crippen LogP contribution in [0.25, 0.3) is 0 Å². The molecule has 2 fully saturated rings. The molecule has 0 spiro atoms. The molecule has 22 heavy (non-hydrogen) atoms. The van der Waals surface area contributed by atoms with Crippen LogP contribution in [-0.2, 0) is 0 Å². The molecule has 1 atom stereocenters. The van der Waals surface area contributed by atoms with Gasteiger partial charge in [0.05, 0.1) is 0 Å². The van der Waals surface area contributed by atoms with Crippen molar-refractivity contribution in [3.8, 4) is 0 Å². The Morgan fingerprint density at radius 3 is 2.91 bits per heavy atom. The third-order valence-electron chi connectivity index (χ3n) is 4.55. The summed E-state index contributed by atoms with van der Waals surface area (Å²) in [5.41, 5.74) is 0.134. The van der Waals surface area contributed by atoms with Gasteiger partial charge >= 0.3 is 0 Å². The third kappa shape index (κ3) is 3.88. The van der Waals surface area contributed by atoms with E-state index in [1.165, 1.54) is 12.8 Å². The van der Waals surface area contributed by atoms with E-state index in [2.05, 4.69) is 36.1 Å². The molecule has 5 heteroatoms. The molecule has 122 valence electrons. The number of rotatable bonds is 5. The Kier molecular flexibility index (Phi) is 4.26. The van der Waals surface area contributed by atoms with E-state index in [-0.39, 0.29) is 11.4 Å². The summed E-state index contributed by atoms with van der Waals surface area (Å²) in [6.07, 6.45) is 4.86. The first-order chi connectivity index (χ1) is 10.4. The standard InChI is InChI=1S/C17H27N3O2/c1-12-5-4-8-20(10-12)11-17(2,3)18-16(21)14-9-15(22-19-14)13-6-7-13/h9,12-13H,4-8,10-11H2,1-3H3,(H,18,21). The number of likely N-dealkylation sites (tertiary alicyclic amines) is 1. The Morgan fingerprint density at radius 2 is 2.23 bits per heavy atom. The van der Waals surface area contributed by atoms with Crippen molar-refractivity contribution in [1.82, 2.24) is 15.4 Å². The third-order valence-corrected chi connectivity index (χ3v) is 4.55. The summed E-state index contributed by atoms with van der Waals surface area (Å²) in [6, 6.07) is 1.80. The zero-order valence-corrected chi connectivity index (χ0v) is 13.9. The highest BCUT2D eigenvalue weighted by molar-refractivity contribution is 5.92. The van der Waals surface area contributed by atoms with Gasteiger partial charge in [0.1, 0.15) is 5.76 Å². The maximum absolute atomic E-state index is 12.4. The number of hydrogen-bond donors (Lipinski definition) is 1. The molecule has 0 aromatic carbocycles. The van der Waals surface area contributed by atoms with Crippen molar-refractivity contribution in [2.45, 2.75) is 57.9 Å². The summed E-state index contributed by atoms with van der Waals surface area (Å²) in [7, 11) is 0. The molecule has 1 aliphatic heterocycles. The fraction of sp³-hybridized carbons (Fsp3) is 0.765. The van der Waals surface area contributed by atoms with Gasteiger partial charge in [-0.1, -0.05) is 12.1 Å². The predicted octanol–water partition coefficient (Wildman–Crippen LogP) is 2.79. The van der Waals surface area contributed by atoms with E-state index in [1.54, 1.807) is 6.07 Å². The van der Waals surface area contributed by atoms with Gasteiger partial charge in [-0.05, 0) is 52.0 Å². The van der Waals surface area contributed by atoms with Crippen LogP contribution in [0.5, 0.6) is 0 Å². The topological polar surface area (TPSA) is 58.4 Å². The first-order valence-electron chi connectivity index (χ1n) is 8.44. The van der Waals surface area contributed by atoms with Gasteiger partial charge in [-0.25, -0.2) is 0 Å². The molecule has 1 saturated heterocycles. The molecule has 0 bridgehead atoms. The first-order valence-corrected chi connectivity index (χ1v) is 8.44. The second-order valence-electron chi connectivity index (χ2n) is 7.71. The molecule has 1 saturated carbocycles. The Labute approximate surface area is 132 Å². The largest absolute Gasteiger partial charge is 0.360 e. The average Bonchev–Trinajstić information content (AvgIpc) is 3.15. The average molecular weight is 305 g/mol. The Morgan fingerprint density at radius 1 is 1.45 bits per heavy atom. The highest BCUT2D eigenvalue weighted by atomic mass is 16.5. The van der Waals surface area contributed by atoms with Crippen LogP contribution in [0, 0.1) is 5.92 Å². The molecule has 1 amide bonds. The second-order valence-corrected chi connectivity index (χ2v) is 7.71. The van der Waals surface area contributed by atoms with E-state index in [9.17, 15) is 4.79 Å². The predicted molar refractivity (Wildman–Crippen MR) is 84.9 cm³/mol. The smallest absolute Gasteiger partial charge is 0.273 e. The summed E-state index contributed by atoms with van der Waals surface area (Å²) in [5.74, 6) is 1.95. The minimum atomic E-state index is -0.271. The zero-order valence-electron chi connectivity index (χ0n) is 13.9. The lowest BCUT2D eigenvalue weighted by molar-refractivity contribution is 0.0854. The lowest BCUT2D eigenvalue weighted by Crippen LogP contribution is -2.53. The number of aromatic nitrogens is 1. The summed E-state index contributed by atoms with van der Waals surface area (Å²) in [5, 5.41) is 7.02. The molecule has 1 N–H and O–H groups in total. The lowest BCUT2D eigenvalue weighted by atomic mass is 9.97. The van der Waals surface area contributed by atoms with Crippen molar-refractivity contribution < 1.29 is 9.32 Å². The molecule has 3 rings (SSSR count). The molecule has 5 nitrogen and oxygen atoms in total. The molecule has 2 aliphatic rings. The van der Waals surface area contributed by atoms with Crippen molar-refractivity contribution in [3.05, 3.63) is 17.5 Å². The molecule has 0 radical (unpaired) electrons. The molecule has 1 aromatic heterocycles. The highest BCUT2D eigenvalue weighted by Crippen LogP contribution is 2.40. The molecule has 1 aliphatic carbocycles. The fourth-order valence-corrected chi connectivity index (χ4v) is 3.36. The lowest BCUT2D eigenvalue weighted by Gasteiger charge is -2.37. The van der Waals surface area contributed by atoms with Crippen LogP contribution >= 0.6 is 0 Å². The molecule has 1 unspecified atom stereocenters. The van der Waals surface area contributed by atoms with Gasteiger partial charge < -0.3 is 14.7 Å². The Hall–Kier alpha value is -1.36. The van der Waals surface area contributed by atoms with E-state index < -0.39 is 0 Å². The van der Waals surface area contributed by atoms with Gasteiger partial charge in [0.2, 0.25) is 0 Å². The van der Waals surface area contributed by atoms with Crippen LogP contribution in [0.15, 0.2) is 10.6 Å². The van der Waals surface area contributed by atoms with E-state index in [4.69, 9.17) is 4.52 Å². The summed E-state index contributed by atoms with van der Waals surface area (Å²) >= 11 is 0. The van der Waals surface area contributed by atoms with E-state index in [0.29, 0.717) is 11.6 Å². The molecular weight excluding hydrogens is 278 g/mol. The maximum atomic E-state index is 12.4. The SMILES string of the molecule is CC1CCCN(CC(C)(C)NC(=O)c2cc(C3CC3)on2)C1. The number of nitrogens with one attached hydrogen (secondary N) is 1. The number of amides is 1. The monoisotopic (exact) mass is 305 g/mol. The zero-order chi connectivity index (χ0) is 15.7. The van der Waals surface area contributed by atoms with Gasteiger partial charge in [0.15, 0.2) is 5.69 Å². The van der Waals surface area contributed by atoms with E-state index in [1.807, 2.05) is 0 Å². The number of carbonyl (C=O) groups excluding carboxylic acids is 1. The van der Waals surface area contributed by atoms with Gasteiger partial charge in [-0.2, -0.15) is 0 Å². The van der Waals surface area contributed by atoms with Crippen molar-refractivity contribution in [2.24, 2.45) is 5.92 Å². The fourth-order valence-electron chi connectivity index (χ4n) is 3.36. The van der Waals surface area contributed by atoms with Gasteiger partial charge in [-0.3, -0.25) is 4.79 Å². The summed E-state index contributed by atoms with van der Waals surface area (Å²) in [4.78, 5) is 14.8. The van der Waals surface area contributed by atoms with E-state index in [0.717, 1.165) is 44.2 Å². The van der Waals surface area contributed by atoms with Crippen molar-refractivity contribution in [1.29, 1.82) is 0 Å². The van der Waals surface area contributed by atoms with Crippen molar-refractivity contribution >= 4 is 5.91 Å². The minimum Gasteiger partial charge on any atom is -0.360 e. The summed E-state index contributed by atoms with van der Waals surface area (Å²) in [6.45, 7) is 9.57. The van der Waals surface area contributed by atoms with Gasteiger partial charge in [0.25, 0.3) is 5.91 Å². The maximum Gasteiger partial charge on any atom is 0.273 e. The van der Waals surface area contributed by atoms with Crippen molar-refractivity contribution in [2.75, 3.05) is 19.6 Å². The van der Waals surface area contributed by atoms with Crippen LogP contribution in [0.3, 0.4) is 0 Å². The Balaban J connectivity index is 1.56. The van der Waals surface area contributed by atoms with Crippen LogP contribution in [-0.4, -0.2) is 41.1 Å². The van der Waals surface area contributed by atoms with Crippen LogP contribution in [0.1, 0.15) is 68.6 Å². The second kappa shape index (κ2) is 6.03.